The van der Waals surface area contributed by atoms with E-state index in [9.17, 15) is 4.79 Å². The number of tetrazole rings is 1. The predicted molar refractivity (Wildman–Crippen MR) is 117 cm³/mol. The molecule has 0 aliphatic rings. The van der Waals surface area contributed by atoms with Gasteiger partial charge < -0.3 is 5.32 Å². The summed E-state index contributed by atoms with van der Waals surface area (Å²) in [5, 5.41) is 17.4. The van der Waals surface area contributed by atoms with Gasteiger partial charge in [0.25, 0.3) is 0 Å². The van der Waals surface area contributed by atoms with Crippen LogP contribution >= 0.6 is 11.8 Å². The van der Waals surface area contributed by atoms with Crippen LogP contribution in [0.4, 0.5) is 5.69 Å². The van der Waals surface area contributed by atoms with Gasteiger partial charge in [0.05, 0.1) is 10.9 Å². The van der Waals surface area contributed by atoms with Gasteiger partial charge in [-0.05, 0) is 59.8 Å². The predicted octanol–water partition coefficient (Wildman–Crippen LogP) is 4.55. The molecule has 0 radical (unpaired) electrons. The molecule has 1 N–H and O–H groups in total. The monoisotopic (exact) mass is 403 g/mol. The number of hydrogen-bond acceptors (Lipinski definition) is 5. The third-order valence-electron chi connectivity index (χ3n) is 4.94. The highest BCUT2D eigenvalue weighted by atomic mass is 32.2. The molecule has 0 aliphatic heterocycles. The van der Waals surface area contributed by atoms with Gasteiger partial charge in [-0.2, -0.15) is 4.68 Å². The van der Waals surface area contributed by atoms with Crippen molar-refractivity contribution in [1.29, 1.82) is 0 Å². The van der Waals surface area contributed by atoms with Crippen molar-refractivity contribution in [2.45, 2.75) is 31.2 Å². The van der Waals surface area contributed by atoms with Gasteiger partial charge in [-0.3, -0.25) is 4.79 Å². The first kappa shape index (κ1) is 19.1. The number of nitrogens with one attached hydrogen (secondary N) is 1. The standard InChI is InChI=1S/C22H21N5OS/c1-14-8-6-13-20(15(14)2)27-22(24-25-26-27)29-16(3)21(28)23-19-12-7-10-17-9-4-5-11-18(17)19/h4-13,16H,1-3H3,(H,23,28). The summed E-state index contributed by atoms with van der Waals surface area (Å²) in [4.78, 5) is 12.8. The van der Waals surface area contributed by atoms with Crippen molar-refractivity contribution < 1.29 is 4.79 Å². The van der Waals surface area contributed by atoms with Gasteiger partial charge in [-0.1, -0.05) is 60.3 Å². The highest BCUT2D eigenvalue weighted by Gasteiger charge is 2.20. The summed E-state index contributed by atoms with van der Waals surface area (Å²) >= 11 is 1.33. The Morgan fingerprint density at radius 1 is 1.03 bits per heavy atom. The van der Waals surface area contributed by atoms with E-state index in [0.717, 1.165) is 33.3 Å². The van der Waals surface area contributed by atoms with E-state index in [1.54, 1.807) is 4.68 Å². The van der Waals surface area contributed by atoms with Crippen molar-refractivity contribution in [2.75, 3.05) is 5.32 Å². The van der Waals surface area contributed by atoms with Crippen molar-refractivity contribution in [1.82, 2.24) is 20.2 Å². The third kappa shape index (κ3) is 3.86. The van der Waals surface area contributed by atoms with E-state index in [4.69, 9.17) is 0 Å². The maximum absolute atomic E-state index is 12.8. The number of aromatic nitrogens is 4. The van der Waals surface area contributed by atoms with Crippen LogP contribution in [-0.2, 0) is 4.79 Å². The molecule has 0 bridgehead atoms. The lowest BCUT2D eigenvalue weighted by Gasteiger charge is -2.14. The number of anilines is 1. The Hall–Kier alpha value is -3.19. The van der Waals surface area contributed by atoms with Gasteiger partial charge in [0.2, 0.25) is 11.1 Å². The molecular formula is C22H21N5OS. The molecule has 0 saturated carbocycles. The summed E-state index contributed by atoms with van der Waals surface area (Å²) in [6.07, 6.45) is 0. The minimum atomic E-state index is -0.371. The minimum Gasteiger partial charge on any atom is -0.325 e. The molecule has 3 aromatic carbocycles. The van der Waals surface area contributed by atoms with Crippen LogP contribution in [0.1, 0.15) is 18.1 Å². The zero-order chi connectivity index (χ0) is 20.4. The lowest BCUT2D eigenvalue weighted by atomic mass is 10.1. The number of thioether (sulfide) groups is 1. The molecule has 4 rings (SSSR count). The number of benzene rings is 3. The van der Waals surface area contributed by atoms with Gasteiger partial charge in [0, 0.05) is 11.1 Å². The molecule has 1 heterocycles. The number of carbonyl (C=O) groups is 1. The van der Waals surface area contributed by atoms with E-state index >= 15 is 0 Å². The summed E-state index contributed by atoms with van der Waals surface area (Å²) in [5.41, 5.74) is 3.99. The minimum absolute atomic E-state index is 0.0955. The largest absolute Gasteiger partial charge is 0.325 e. The van der Waals surface area contributed by atoms with E-state index in [0.29, 0.717) is 5.16 Å². The van der Waals surface area contributed by atoms with Gasteiger partial charge >= 0.3 is 0 Å². The average Bonchev–Trinajstić information content (AvgIpc) is 3.18. The molecule has 4 aromatic rings. The molecule has 29 heavy (non-hydrogen) atoms. The molecule has 1 amide bonds. The number of aryl methyl sites for hydroxylation is 1. The summed E-state index contributed by atoms with van der Waals surface area (Å²) < 4.78 is 1.69. The maximum Gasteiger partial charge on any atom is 0.237 e. The number of fused-ring (bicyclic) bond motifs is 1. The fourth-order valence-electron chi connectivity index (χ4n) is 3.15. The van der Waals surface area contributed by atoms with Crippen LogP contribution in [0.3, 0.4) is 0 Å². The van der Waals surface area contributed by atoms with Crippen molar-refractivity contribution in [2.24, 2.45) is 0 Å². The molecule has 1 atom stereocenters. The van der Waals surface area contributed by atoms with Crippen LogP contribution in [0.2, 0.25) is 0 Å². The second-order valence-corrected chi connectivity index (χ2v) is 8.18. The Balaban J connectivity index is 1.54. The Morgan fingerprint density at radius 3 is 2.66 bits per heavy atom. The van der Waals surface area contributed by atoms with Crippen LogP contribution in [0.5, 0.6) is 0 Å². The molecular weight excluding hydrogens is 382 g/mol. The Morgan fingerprint density at radius 2 is 1.79 bits per heavy atom. The SMILES string of the molecule is Cc1cccc(-n2nnnc2SC(C)C(=O)Nc2cccc3ccccc23)c1C. The fraction of sp³-hybridized carbons (Fsp3) is 0.182. The van der Waals surface area contributed by atoms with Crippen LogP contribution in [-0.4, -0.2) is 31.4 Å². The lowest BCUT2D eigenvalue weighted by Crippen LogP contribution is -2.23. The molecule has 6 nitrogen and oxygen atoms in total. The number of hydrogen-bond donors (Lipinski definition) is 1. The highest BCUT2D eigenvalue weighted by molar-refractivity contribution is 8.00. The topological polar surface area (TPSA) is 72.7 Å². The Kier molecular flexibility index (Phi) is 5.31. The first-order chi connectivity index (χ1) is 14.0. The van der Waals surface area contributed by atoms with Crippen LogP contribution in [0.15, 0.2) is 65.8 Å². The van der Waals surface area contributed by atoms with Crippen molar-refractivity contribution in [3.8, 4) is 5.69 Å². The van der Waals surface area contributed by atoms with Crippen molar-refractivity contribution in [3.63, 3.8) is 0 Å². The molecule has 0 spiro atoms. The number of carbonyl (C=O) groups excluding carboxylic acids is 1. The fourth-order valence-corrected chi connectivity index (χ4v) is 3.95. The molecule has 0 fully saturated rings. The summed E-state index contributed by atoms with van der Waals surface area (Å²) in [5.74, 6) is -0.0955. The van der Waals surface area contributed by atoms with E-state index in [1.807, 2.05) is 68.4 Å². The summed E-state index contributed by atoms with van der Waals surface area (Å²) in [6.45, 7) is 5.95. The van der Waals surface area contributed by atoms with Gasteiger partial charge in [0.1, 0.15) is 0 Å². The van der Waals surface area contributed by atoms with Crippen LogP contribution in [0, 0.1) is 13.8 Å². The summed E-state index contributed by atoms with van der Waals surface area (Å²) in [7, 11) is 0. The molecule has 0 aliphatic carbocycles. The van der Waals surface area contributed by atoms with Crippen LogP contribution in [0.25, 0.3) is 16.5 Å². The van der Waals surface area contributed by atoms with Gasteiger partial charge in [0.15, 0.2) is 0 Å². The zero-order valence-corrected chi connectivity index (χ0v) is 17.3. The van der Waals surface area contributed by atoms with Gasteiger partial charge in [-0.25, -0.2) is 0 Å². The first-order valence-electron chi connectivity index (χ1n) is 9.35. The van der Waals surface area contributed by atoms with Crippen molar-refractivity contribution in [3.05, 3.63) is 71.8 Å². The molecule has 1 aromatic heterocycles. The quantitative estimate of drug-likeness (QED) is 0.495. The lowest BCUT2D eigenvalue weighted by molar-refractivity contribution is -0.115. The first-order valence-corrected chi connectivity index (χ1v) is 10.2. The normalized spacial score (nSPS) is 12.1. The van der Waals surface area contributed by atoms with Gasteiger partial charge in [-0.15, -0.1) is 5.10 Å². The van der Waals surface area contributed by atoms with Crippen LogP contribution < -0.4 is 5.32 Å². The number of rotatable bonds is 5. The summed E-state index contributed by atoms with van der Waals surface area (Å²) in [6, 6.07) is 19.9. The van der Waals surface area contributed by atoms with E-state index in [2.05, 4.69) is 33.8 Å². The number of nitrogens with zero attached hydrogens (tertiary/aromatic N) is 4. The highest BCUT2D eigenvalue weighted by Crippen LogP contribution is 2.27. The average molecular weight is 404 g/mol. The zero-order valence-electron chi connectivity index (χ0n) is 16.5. The van der Waals surface area contributed by atoms with E-state index in [1.165, 1.54) is 11.8 Å². The molecule has 1 unspecified atom stereocenters. The van der Waals surface area contributed by atoms with E-state index in [-0.39, 0.29) is 11.2 Å². The Labute approximate surface area is 173 Å². The second kappa shape index (κ2) is 8.05. The maximum atomic E-state index is 12.8. The van der Waals surface area contributed by atoms with Crippen molar-refractivity contribution >= 4 is 34.1 Å². The Bertz CT molecular complexity index is 1180. The third-order valence-corrected chi connectivity index (χ3v) is 5.98. The second-order valence-electron chi connectivity index (χ2n) is 6.87. The number of amides is 1. The molecule has 0 saturated heterocycles. The molecule has 146 valence electrons. The molecule has 7 heteroatoms. The smallest absolute Gasteiger partial charge is 0.237 e. The van der Waals surface area contributed by atoms with E-state index < -0.39 is 0 Å².